The zero-order valence-electron chi connectivity index (χ0n) is 11.6. The van der Waals surface area contributed by atoms with Crippen molar-refractivity contribution in [3.05, 3.63) is 17.1 Å². The van der Waals surface area contributed by atoms with Crippen molar-refractivity contribution in [1.82, 2.24) is 9.55 Å². The van der Waals surface area contributed by atoms with Crippen LogP contribution >= 0.6 is 0 Å². The number of hydrogen-bond acceptors (Lipinski definition) is 5. The van der Waals surface area contributed by atoms with Gasteiger partial charge >= 0.3 is 5.97 Å². The second-order valence-electron chi connectivity index (χ2n) is 4.34. The molecule has 19 heavy (non-hydrogen) atoms. The number of nitrogens with two attached hydrogens (primary N) is 1. The molecule has 0 spiro atoms. The number of nitrogen functional groups attached to an aromatic ring is 1. The van der Waals surface area contributed by atoms with Crippen LogP contribution in [0, 0.1) is 11.3 Å². The maximum Gasteiger partial charge on any atom is 0.348 e. The molecule has 2 N–H and O–H groups in total. The van der Waals surface area contributed by atoms with E-state index < -0.39 is 5.97 Å². The van der Waals surface area contributed by atoms with Gasteiger partial charge in [-0.25, -0.2) is 9.78 Å². The van der Waals surface area contributed by atoms with E-state index in [1.807, 2.05) is 13.8 Å². The van der Waals surface area contributed by atoms with Crippen molar-refractivity contribution in [2.45, 2.75) is 26.7 Å². The van der Waals surface area contributed by atoms with Gasteiger partial charge < -0.3 is 15.0 Å². The fourth-order valence-electron chi connectivity index (χ4n) is 1.66. The van der Waals surface area contributed by atoms with Gasteiger partial charge in [0.15, 0.2) is 0 Å². The lowest BCUT2D eigenvalue weighted by Crippen LogP contribution is -2.06. The number of esters is 1. The van der Waals surface area contributed by atoms with Crippen LogP contribution in [0.15, 0.2) is 5.57 Å². The Bertz CT molecular complexity index is 550. The highest BCUT2D eigenvalue weighted by atomic mass is 16.5. The molecule has 1 aromatic heterocycles. The highest BCUT2D eigenvalue weighted by Crippen LogP contribution is 2.21. The summed E-state index contributed by atoms with van der Waals surface area (Å²) in [4.78, 5) is 15.9. The molecule has 0 atom stereocenters. The van der Waals surface area contributed by atoms with Crippen LogP contribution in [0.25, 0.3) is 6.08 Å². The first-order chi connectivity index (χ1) is 8.92. The van der Waals surface area contributed by atoms with Crippen molar-refractivity contribution >= 4 is 17.9 Å². The summed E-state index contributed by atoms with van der Waals surface area (Å²) < 4.78 is 6.53. The molecular formula is C13H18N4O2. The SMILES string of the molecule is CCOC(=O)/C(C#N)=C/c1nc(C(C)C)n(C)c1N. The number of carbonyl (C=O) groups is 1. The highest BCUT2D eigenvalue weighted by molar-refractivity contribution is 5.98. The molecule has 0 aliphatic carbocycles. The van der Waals surface area contributed by atoms with Gasteiger partial charge in [0.2, 0.25) is 0 Å². The monoisotopic (exact) mass is 262 g/mol. The first-order valence-electron chi connectivity index (χ1n) is 6.03. The average molecular weight is 262 g/mol. The summed E-state index contributed by atoms with van der Waals surface area (Å²) in [6.45, 7) is 5.88. The van der Waals surface area contributed by atoms with Crippen molar-refractivity contribution in [1.29, 1.82) is 5.26 Å². The minimum absolute atomic E-state index is 0.109. The van der Waals surface area contributed by atoms with E-state index in [4.69, 9.17) is 15.7 Å². The van der Waals surface area contributed by atoms with Gasteiger partial charge in [0.05, 0.1) is 6.61 Å². The molecule has 1 rings (SSSR count). The molecule has 0 amide bonds. The van der Waals surface area contributed by atoms with Gasteiger partial charge in [-0.3, -0.25) is 0 Å². The van der Waals surface area contributed by atoms with Crippen molar-refractivity contribution in [3.8, 4) is 6.07 Å². The Hall–Kier alpha value is -2.29. The average Bonchev–Trinajstić information content (AvgIpc) is 2.64. The van der Waals surface area contributed by atoms with Gasteiger partial charge in [-0.05, 0) is 13.0 Å². The van der Waals surface area contributed by atoms with Crippen LogP contribution in [0.4, 0.5) is 5.82 Å². The van der Waals surface area contributed by atoms with Crippen molar-refractivity contribution in [3.63, 3.8) is 0 Å². The van der Waals surface area contributed by atoms with Crippen LogP contribution < -0.4 is 5.73 Å². The number of nitrogens with zero attached hydrogens (tertiary/aromatic N) is 3. The third-order valence-electron chi connectivity index (χ3n) is 2.62. The standard InChI is InChI=1S/C13H18N4O2/c1-5-19-13(18)9(7-14)6-10-11(15)17(4)12(16-10)8(2)3/h6,8H,5,15H2,1-4H3/b9-6+. The minimum Gasteiger partial charge on any atom is -0.462 e. The van der Waals surface area contributed by atoms with Gasteiger partial charge in [0, 0.05) is 13.0 Å². The molecule has 102 valence electrons. The summed E-state index contributed by atoms with van der Waals surface area (Å²) in [6, 6.07) is 1.80. The third kappa shape index (κ3) is 3.13. The van der Waals surface area contributed by atoms with Crippen molar-refractivity contribution in [2.75, 3.05) is 12.3 Å². The number of carbonyl (C=O) groups excluding carboxylic acids is 1. The second-order valence-corrected chi connectivity index (χ2v) is 4.34. The van der Waals surface area contributed by atoms with Gasteiger partial charge in [-0.2, -0.15) is 5.26 Å². The Kier molecular flexibility index (Phi) is 4.70. The quantitative estimate of drug-likeness (QED) is 0.505. The predicted molar refractivity (Wildman–Crippen MR) is 71.9 cm³/mol. The summed E-state index contributed by atoms with van der Waals surface area (Å²) in [6.07, 6.45) is 1.36. The number of ether oxygens (including phenoxy) is 1. The van der Waals surface area contributed by atoms with Crippen LogP contribution in [-0.2, 0) is 16.6 Å². The van der Waals surface area contributed by atoms with Crippen LogP contribution in [-0.4, -0.2) is 22.1 Å². The summed E-state index contributed by atoms with van der Waals surface area (Å²) in [5.74, 6) is 0.745. The normalized spacial score (nSPS) is 11.5. The van der Waals surface area contributed by atoms with E-state index in [0.29, 0.717) is 11.5 Å². The van der Waals surface area contributed by atoms with Crippen LogP contribution in [0.1, 0.15) is 38.2 Å². The summed E-state index contributed by atoms with van der Waals surface area (Å²) >= 11 is 0. The number of nitriles is 1. The molecule has 0 aliphatic heterocycles. The van der Waals surface area contributed by atoms with E-state index in [0.717, 1.165) is 5.82 Å². The zero-order valence-corrected chi connectivity index (χ0v) is 11.6. The zero-order chi connectivity index (χ0) is 14.6. The maximum absolute atomic E-state index is 11.5. The van der Waals surface area contributed by atoms with Crippen LogP contribution in [0.3, 0.4) is 0 Å². The Balaban J connectivity index is 3.20. The lowest BCUT2D eigenvalue weighted by molar-refractivity contribution is -0.137. The Morgan fingerprint density at radius 2 is 2.26 bits per heavy atom. The number of aromatic nitrogens is 2. The molecule has 0 unspecified atom stereocenters. The van der Waals surface area contributed by atoms with Crippen LogP contribution in [0.2, 0.25) is 0 Å². The summed E-state index contributed by atoms with van der Waals surface area (Å²) in [5, 5.41) is 8.97. The van der Waals surface area contributed by atoms with E-state index >= 15 is 0 Å². The maximum atomic E-state index is 11.5. The molecule has 0 bridgehead atoms. The first-order valence-corrected chi connectivity index (χ1v) is 6.03. The molecule has 1 heterocycles. The largest absolute Gasteiger partial charge is 0.462 e. The van der Waals surface area contributed by atoms with Gasteiger partial charge in [-0.1, -0.05) is 13.8 Å². The summed E-state index contributed by atoms with van der Waals surface area (Å²) in [5.41, 5.74) is 6.22. The van der Waals surface area contributed by atoms with Gasteiger partial charge in [0.25, 0.3) is 0 Å². The molecular weight excluding hydrogens is 244 g/mol. The summed E-state index contributed by atoms with van der Waals surface area (Å²) in [7, 11) is 1.80. The predicted octanol–water partition coefficient (Wildman–Crippen LogP) is 1.60. The van der Waals surface area contributed by atoms with E-state index in [2.05, 4.69) is 4.98 Å². The number of rotatable bonds is 4. The molecule has 6 nitrogen and oxygen atoms in total. The number of imidazole rings is 1. The topological polar surface area (TPSA) is 93.9 Å². The third-order valence-corrected chi connectivity index (χ3v) is 2.62. The first kappa shape index (κ1) is 14.8. The van der Waals surface area contributed by atoms with Crippen LogP contribution in [0.5, 0.6) is 0 Å². The van der Waals surface area contributed by atoms with E-state index in [-0.39, 0.29) is 18.1 Å². The molecule has 0 saturated carbocycles. The van der Waals surface area contributed by atoms with E-state index in [1.54, 1.807) is 24.6 Å². The lowest BCUT2D eigenvalue weighted by atomic mass is 10.2. The van der Waals surface area contributed by atoms with Gasteiger partial charge in [-0.15, -0.1) is 0 Å². The smallest absolute Gasteiger partial charge is 0.348 e. The second kappa shape index (κ2) is 6.05. The van der Waals surface area contributed by atoms with Crippen molar-refractivity contribution < 1.29 is 9.53 Å². The number of anilines is 1. The minimum atomic E-state index is -0.666. The highest BCUT2D eigenvalue weighted by Gasteiger charge is 2.16. The Morgan fingerprint density at radius 1 is 1.63 bits per heavy atom. The molecule has 1 aromatic rings. The van der Waals surface area contributed by atoms with Gasteiger partial charge in [0.1, 0.15) is 29.0 Å². The van der Waals surface area contributed by atoms with Crippen molar-refractivity contribution in [2.24, 2.45) is 7.05 Å². The molecule has 0 aromatic carbocycles. The Labute approximate surface area is 112 Å². The fourth-order valence-corrected chi connectivity index (χ4v) is 1.66. The number of hydrogen-bond donors (Lipinski definition) is 1. The molecule has 0 saturated heterocycles. The fraction of sp³-hybridized carbons (Fsp3) is 0.462. The lowest BCUT2D eigenvalue weighted by Gasteiger charge is -2.04. The molecule has 0 aliphatic rings. The Morgan fingerprint density at radius 3 is 2.68 bits per heavy atom. The van der Waals surface area contributed by atoms with E-state index in [1.165, 1.54) is 6.08 Å². The molecule has 6 heteroatoms. The van der Waals surface area contributed by atoms with E-state index in [9.17, 15) is 4.79 Å². The molecule has 0 radical (unpaired) electrons. The molecule has 0 fully saturated rings.